The molecule has 0 spiro atoms. The fraction of sp³-hybridized carbons (Fsp3) is 0.333. The van der Waals surface area contributed by atoms with Gasteiger partial charge in [-0.25, -0.2) is 0 Å². The zero-order valence-corrected chi connectivity index (χ0v) is 15.9. The second kappa shape index (κ2) is 9.46. The molecule has 2 aromatic carbocycles. The van der Waals surface area contributed by atoms with Crippen LogP contribution in [0.4, 0.5) is 5.69 Å². The molecule has 0 bridgehead atoms. The van der Waals surface area contributed by atoms with Crippen LogP contribution in [0.5, 0.6) is 5.75 Å². The number of rotatable bonds is 7. The largest absolute Gasteiger partial charge is 0.508 e. The minimum absolute atomic E-state index is 0.00130. The molecular formula is C21H24N2O3S. The molecular weight excluding hydrogens is 360 g/mol. The number of aryl methyl sites for hydroxylation is 1. The van der Waals surface area contributed by atoms with Crippen LogP contribution in [0.25, 0.3) is 0 Å². The summed E-state index contributed by atoms with van der Waals surface area (Å²) in [6.45, 7) is 0.563. The molecule has 1 atom stereocenters. The average molecular weight is 385 g/mol. The topological polar surface area (TPSA) is 78.4 Å². The number of amides is 2. The fourth-order valence-electron chi connectivity index (χ4n) is 3.04. The Balaban J connectivity index is 1.36. The van der Waals surface area contributed by atoms with Crippen LogP contribution in [0.3, 0.4) is 0 Å². The molecule has 0 radical (unpaired) electrons. The van der Waals surface area contributed by atoms with Crippen LogP contribution in [-0.2, 0) is 22.4 Å². The first-order valence-corrected chi connectivity index (χ1v) is 10.2. The van der Waals surface area contributed by atoms with E-state index in [1.165, 1.54) is 5.56 Å². The molecule has 0 fully saturated rings. The summed E-state index contributed by atoms with van der Waals surface area (Å²) < 4.78 is 0. The van der Waals surface area contributed by atoms with Crippen molar-refractivity contribution in [2.75, 3.05) is 17.6 Å². The van der Waals surface area contributed by atoms with Crippen molar-refractivity contribution in [1.82, 2.24) is 5.32 Å². The van der Waals surface area contributed by atoms with Gasteiger partial charge in [-0.3, -0.25) is 9.59 Å². The first kappa shape index (κ1) is 19.3. The molecule has 2 amide bonds. The Morgan fingerprint density at radius 2 is 1.96 bits per heavy atom. The van der Waals surface area contributed by atoms with Crippen LogP contribution < -0.4 is 10.6 Å². The van der Waals surface area contributed by atoms with Crippen LogP contribution in [0.15, 0.2) is 48.5 Å². The molecule has 1 heterocycles. The zero-order chi connectivity index (χ0) is 19.1. The van der Waals surface area contributed by atoms with Crippen molar-refractivity contribution in [2.45, 2.75) is 30.9 Å². The standard InChI is InChI=1S/C21H24N2O3S/c24-17-8-5-15(6-9-17)11-13-22-20(25)12-14-27-19-10-7-16-3-1-2-4-18(16)23-21(19)26/h1-6,8-9,19,24H,7,10-14H2,(H,22,25)(H,23,26)/t19-/m0/s1. The van der Waals surface area contributed by atoms with Crippen LogP contribution in [0, 0.1) is 0 Å². The average Bonchev–Trinajstić information content (AvgIpc) is 2.82. The van der Waals surface area contributed by atoms with Crippen LogP contribution in [0.1, 0.15) is 24.0 Å². The van der Waals surface area contributed by atoms with Crippen LogP contribution >= 0.6 is 11.8 Å². The van der Waals surface area contributed by atoms with Crippen molar-refractivity contribution in [3.8, 4) is 5.75 Å². The van der Waals surface area contributed by atoms with Crippen molar-refractivity contribution in [1.29, 1.82) is 0 Å². The van der Waals surface area contributed by atoms with E-state index in [4.69, 9.17) is 0 Å². The quantitative estimate of drug-likeness (QED) is 0.685. The normalized spacial score (nSPS) is 16.1. The van der Waals surface area contributed by atoms with Gasteiger partial charge in [0.15, 0.2) is 0 Å². The summed E-state index contributed by atoms with van der Waals surface area (Å²) in [7, 11) is 0. The summed E-state index contributed by atoms with van der Waals surface area (Å²) in [5.41, 5.74) is 3.13. The number of hydrogen-bond donors (Lipinski definition) is 3. The highest BCUT2D eigenvalue weighted by Crippen LogP contribution is 2.27. The molecule has 5 nitrogen and oxygen atoms in total. The van der Waals surface area contributed by atoms with Gasteiger partial charge in [-0.2, -0.15) is 0 Å². The highest BCUT2D eigenvalue weighted by molar-refractivity contribution is 8.00. The number of aromatic hydroxyl groups is 1. The summed E-state index contributed by atoms with van der Waals surface area (Å²) in [6, 6.07) is 14.9. The highest BCUT2D eigenvalue weighted by atomic mass is 32.2. The van der Waals surface area contributed by atoms with E-state index in [9.17, 15) is 14.7 Å². The number of thioether (sulfide) groups is 1. The lowest BCUT2D eigenvalue weighted by molar-refractivity contribution is -0.120. The number of carbonyl (C=O) groups is 2. The zero-order valence-electron chi connectivity index (χ0n) is 15.1. The van der Waals surface area contributed by atoms with Gasteiger partial charge >= 0.3 is 0 Å². The predicted octanol–water partition coefficient (Wildman–Crippen LogP) is 3.13. The van der Waals surface area contributed by atoms with Crippen molar-refractivity contribution in [3.63, 3.8) is 0 Å². The van der Waals surface area contributed by atoms with Crippen LogP contribution in [-0.4, -0.2) is 34.5 Å². The van der Waals surface area contributed by atoms with Gasteiger partial charge in [0.1, 0.15) is 5.75 Å². The Kier molecular flexibility index (Phi) is 6.76. The number of carbonyl (C=O) groups excluding carboxylic acids is 2. The van der Waals surface area contributed by atoms with Crippen molar-refractivity contribution < 1.29 is 14.7 Å². The highest BCUT2D eigenvalue weighted by Gasteiger charge is 2.23. The van der Waals surface area contributed by atoms with E-state index >= 15 is 0 Å². The van der Waals surface area contributed by atoms with Crippen molar-refractivity contribution in [2.24, 2.45) is 0 Å². The van der Waals surface area contributed by atoms with E-state index in [1.807, 2.05) is 36.4 Å². The summed E-state index contributed by atoms with van der Waals surface area (Å²) in [5.74, 6) is 0.890. The lowest BCUT2D eigenvalue weighted by Gasteiger charge is -2.12. The summed E-state index contributed by atoms with van der Waals surface area (Å²) >= 11 is 1.55. The molecule has 3 N–H and O–H groups in total. The monoisotopic (exact) mass is 384 g/mol. The number of phenols is 1. The minimum atomic E-state index is -0.123. The molecule has 0 unspecified atom stereocenters. The van der Waals surface area contributed by atoms with Gasteiger partial charge < -0.3 is 15.7 Å². The first-order valence-electron chi connectivity index (χ1n) is 9.17. The molecule has 0 saturated heterocycles. The van der Waals surface area contributed by atoms with Gasteiger partial charge in [-0.1, -0.05) is 30.3 Å². The second-order valence-electron chi connectivity index (χ2n) is 6.56. The molecule has 142 valence electrons. The third-order valence-corrected chi connectivity index (χ3v) is 5.86. The van der Waals surface area contributed by atoms with E-state index in [0.717, 1.165) is 30.5 Å². The number of phenolic OH excluding ortho intramolecular Hbond substituents is 1. The molecule has 3 rings (SSSR count). The Labute approximate surface area is 163 Å². The third-order valence-electron chi connectivity index (χ3n) is 4.56. The smallest absolute Gasteiger partial charge is 0.237 e. The Hall–Kier alpha value is -2.47. The number of hydrogen-bond acceptors (Lipinski definition) is 4. The molecule has 0 saturated carbocycles. The maximum atomic E-state index is 12.4. The van der Waals surface area contributed by atoms with Gasteiger partial charge in [0, 0.05) is 24.4 Å². The van der Waals surface area contributed by atoms with E-state index in [1.54, 1.807) is 23.9 Å². The maximum absolute atomic E-state index is 12.4. The molecule has 1 aliphatic rings. The number of nitrogens with one attached hydrogen (secondary N) is 2. The second-order valence-corrected chi connectivity index (χ2v) is 7.87. The number of para-hydroxylation sites is 1. The first-order chi connectivity index (χ1) is 13.1. The van der Waals surface area contributed by atoms with E-state index in [2.05, 4.69) is 10.6 Å². The summed E-state index contributed by atoms with van der Waals surface area (Å²) in [5, 5.41) is 15.0. The lowest BCUT2D eigenvalue weighted by Crippen LogP contribution is -2.27. The van der Waals surface area contributed by atoms with E-state index < -0.39 is 0 Å². The summed E-state index contributed by atoms with van der Waals surface area (Å²) in [4.78, 5) is 24.3. The van der Waals surface area contributed by atoms with Gasteiger partial charge in [0.25, 0.3) is 0 Å². The number of benzene rings is 2. The number of fused-ring (bicyclic) bond motifs is 1. The van der Waals surface area contributed by atoms with Gasteiger partial charge in [-0.05, 0) is 48.6 Å². The molecule has 2 aromatic rings. The molecule has 0 aromatic heterocycles. The predicted molar refractivity (Wildman–Crippen MR) is 109 cm³/mol. The van der Waals surface area contributed by atoms with Gasteiger partial charge in [0.2, 0.25) is 11.8 Å². The molecule has 1 aliphatic heterocycles. The molecule has 6 heteroatoms. The van der Waals surface area contributed by atoms with Crippen LogP contribution in [0.2, 0.25) is 0 Å². The van der Waals surface area contributed by atoms with Crippen molar-refractivity contribution in [3.05, 3.63) is 59.7 Å². The fourth-order valence-corrected chi connectivity index (χ4v) is 4.12. The molecule has 0 aliphatic carbocycles. The van der Waals surface area contributed by atoms with Crippen molar-refractivity contribution >= 4 is 29.3 Å². The molecule has 27 heavy (non-hydrogen) atoms. The Morgan fingerprint density at radius 3 is 2.78 bits per heavy atom. The number of anilines is 1. The SMILES string of the molecule is O=C(CCS[C@H]1CCc2ccccc2NC1=O)NCCc1ccc(O)cc1. The van der Waals surface area contributed by atoms with Gasteiger partial charge in [-0.15, -0.1) is 11.8 Å². The Bertz CT molecular complexity index is 792. The third kappa shape index (κ3) is 5.76. The Morgan fingerprint density at radius 1 is 1.19 bits per heavy atom. The summed E-state index contributed by atoms with van der Waals surface area (Å²) in [6.07, 6.45) is 2.78. The van der Waals surface area contributed by atoms with E-state index in [0.29, 0.717) is 18.7 Å². The maximum Gasteiger partial charge on any atom is 0.237 e. The lowest BCUT2D eigenvalue weighted by atomic mass is 10.1. The van der Waals surface area contributed by atoms with E-state index in [-0.39, 0.29) is 22.8 Å². The van der Waals surface area contributed by atoms with Gasteiger partial charge in [0.05, 0.1) is 5.25 Å². The minimum Gasteiger partial charge on any atom is -0.508 e.